The molecule has 0 saturated carbocycles. The summed E-state index contributed by atoms with van der Waals surface area (Å²) in [6.45, 7) is 7.67. The Kier molecular flexibility index (Phi) is 5.91. The van der Waals surface area contributed by atoms with Crippen LogP contribution in [0.1, 0.15) is 37.9 Å². The van der Waals surface area contributed by atoms with Crippen LogP contribution in [0.5, 0.6) is 0 Å². The average molecular weight is 423 g/mol. The van der Waals surface area contributed by atoms with Crippen molar-refractivity contribution in [3.8, 4) is 0 Å². The Labute approximate surface area is 162 Å². The van der Waals surface area contributed by atoms with Gasteiger partial charge in [0.15, 0.2) is 0 Å². The van der Waals surface area contributed by atoms with E-state index < -0.39 is 28.2 Å². The second-order valence-corrected chi connectivity index (χ2v) is 10.2. The lowest BCUT2D eigenvalue weighted by molar-refractivity contribution is -0.152. The van der Waals surface area contributed by atoms with Crippen molar-refractivity contribution >= 4 is 21.1 Å². The zero-order chi connectivity index (χ0) is 21.7. The lowest BCUT2D eigenvalue weighted by Gasteiger charge is -2.23. The fourth-order valence-corrected chi connectivity index (χ4v) is 3.64. The van der Waals surface area contributed by atoms with Gasteiger partial charge in [0.1, 0.15) is 11.9 Å². The molecule has 28 heavy (non-hydrogen) atoms. The molecule has 0 fully saturated rings. The van der Waals surface area contributed by atoms with Crippen molar-refractivity contribution in [1.29, 1.82) is 0 Å². The Bertz CT molecular complexity index is 973. The molecule has 2 aromatic rings. The summed E-state index contributed by atoms with van der Waals surface area (Å²) in [4.78, 5) is 0. The highest BCUT2D eigenvalue weighted by Crippen LogP contribution is 2.39. The smallest absolute Gasteiger partial charge is 0.347 e. The standard InChI is InChI=1S/C18H25F4N3O2S/c1-11-7-15-12(8-14(11)19)13(9-25(15)10-17(2,3)4)16(18(20,21)22)23-28(26,27)24(5)6/h7-9,16,23H,10H2,1-6H3/t16-/m0/s1. The second kappa shape index (κ2) is 7.31. The fraction of sp³-hybridized carbons (Fsp3) is 0.556. The van der Waals surface area contributed by atoms with Crippen molar-refractivity contribution in [3.63, 3.8) is 0 Å². The summed E-state index contributed by atoms with van der Waals surface area (Å²) in [5, 5.41) is 0.0242. The Hall–Kier alpha value is -1.65. The fourth-order valence-electron chi connectivity index (χ4n) is 2.87. The van der Waals surface area contributed by atoms with Crippen LogP contribution in [0.4, 0.5) is 17.6 Å². The Morgan fingerprint density at radius 1 is 1.18 bits per heavy atom. The van der Waals surface area contributed by atoms with Crippen molar-refractivity contribution in [1.82, 2.24) is 13.6 Å². The van der Waals surface area contributed by atoms with E-state index in [0.29, 0.717) is 21.9 Å². The van der Waals surface area contributed by atoms with Crippen LogP contribution in [0.15, 0.2) is 18.3 Å². The highest BCUT2D eigenvalue weighted by molar-refractivity contribution is 7.87. The minimum atomic E-state index is -4.91. The number of hydrogen-bond donors (Lipinski definition) is 1. The predicted octanol–water partition coefficient (Wildman–Crippen LogP) is 4.13. The topological polar surface area (TPSA) is 54.3 Å². The molecule has 1 N–H and O–H groups in total. The Morgan fingerprint density at radius 3 is 2.21 bits per heavy atom. The molecule has 0 spiro atoms. The molecule has 1 aromatic carbocycles. The van der Waals surface area contributed by atoms with Crippen LogP contribution in [0.3, 0.4) is 0 Å². The minimum absolute atomic E-state index is 0.0242. The van der Waals surface area contributed by atoms with E-state index in [2.05, 4.69) is 0 Å². The molecule has 0 bridgehead atoms. The van der Waals surface area contributed by atoms with Crippen LogP contribution >= 0.6 is 0 Å². The van der Waals surface area contributed by atoms with E-state index in [1.807, 2.05) is 20.8 Å². The number of aromatic nitrogens is 1. The van der Waals surface area contributed by atoms with E-state index in [1.165, 1.54) is 19.2 Å². The summed E-state index contributed by atoms with van der Waals surface area (Å²) in [5.74, 6) is -0.654. The third-order valence-corrected chi connectivity index (χ3v) is 5.72. The van der Waals surface area contributed by atoms with Gasteiger partial charge >= 0.3 is 6.18 Å². The van der Waals surface area contributed by atoms with Crippen molar-refractivity contribution in [3.05, 3.63) is 35.3 Å². The first-order valence-corrected chi connectivity index (χ1v) is 10.0. The van der Waals surface area contributed by atoms with Gasteiger partial charge in [-0.15, -0.1) is 0 Å². The van der Waals surface area contributed by atoms with Gasteiger partial charge in [0, 0.05) is 43.3 Å². The van der Waals surface area contributed by atoms with Gasteiger partial charge in [-0.3, -0.25) is 0 Å². The highest BCUT2D eigenvalue weighted by atomic mass is 32.2. The number of alkyl halides is 3. The molecule has 10 heteroatoms. The summed E-state index contributed by atoms with van der Waals surface area (Å²) in [5.41, 5.74) is 0.116. The second-order valence-electron chi connectivity index (χ2n) is 8.27. The SMILES string of the molecule is Cc1cc2c(cc1F)c([C@H](NS(=O)(=O)N(C)C)C(F)(F)F)cn2CC(C)(C)C. The number of benzene rings is 1. The first-order chi connectivity index (χ1) is 12.5. The summed E-state index contributed by atoms with van der Waals surface area (Å²) in [7, 11) is -2.13. The summed E-state index contributed by atoms with van der Waals surface area (Å²) >= 11 is 0. The van der Waals surface area contributed by atoms with Crippen molar-refractivity contribution in [2.75, 3.05) is 14.1 Å². The third kappa shape index (κ3) is 4.84. The van der Waals surface area contributed by atoms with Gasteiger partial charge in [-0.05, 0) is 30.0 Å². The first-order valence-electron chi connectivity index (χ1n) is 8.58. The van der Waals surface area contributed by atoms with Gasteiger partial charge in [0.05, 0.1) is 0 Å². The number of halogens is 4. The largest absolute Gasteiger partial charge is 0.409 e. The first kappa shape index (κ1) is 22.6. The predicted molar refractivity (Wildman–Crippen MR) is 101 cm³/mol. The zero-order valence-corrected chi connectivity index (χ0v) is 17.5. The molecule has 1 aromatic heterocycles. The maximum absolute atomic E-state index is 14.2. The molecule has 1 heterocycles. The maximum atomic E-state index is 14.2. The molecule has 0 saturated heterocycles. The molecule has 2 rings (SSSR count). The number of nitrogens with one attached hydrogen (secondary N) is 1. The van der Waals surface area contributed by atoms with Gasteiger partial charge in [-0.2, -0.15) is 30.6 Å². The molecule has 0 aliphatic rings. The maximum Gasteiger partial charge on any atom is 0.409 e. The lowest BCUT2D eigenvalue weighted by Crippen LogP contribution is -2.43. The van der Waals surface area contributed by atoms with Crippen LogP contribution in [0, 0.1) is 18.2 Å². The molecule has 0 unspecified atom stereocenters. The number of aryl methyl sites for hydroxylation is 1. The van der Waals surface area contributed by atoms with Crippen LogP contribution in [0.2, 0.25) is 0 Å². The van der Waals surface area contributed by atoms with Gasteiger partial charge in [-0.25, -0.2) is 4.39 Å². The summed E-state index contributed by atoms with van der Waals surface area (Å²) in [6.07, 6.45) is -3.66. The quantitative estimate of drug-likeness (QED) is 0.735. The van der Waals surface area contributed by atoms with Crippen molar-refractivity contribution < 1.29 is 26.0 Å². The number of fused-ring (bicyclic) bond motifs is 1. The molecule has 0 aliphatic carbocycles. The molecular formula is C18H25F4N3O2S. The van der Waals surface area contributed by atoms with Gasteiger partial charge < -0.3 is 4.57 Å². The van der Waals surface area contributed by atoms with Gasteiger partial charge in [0.25, 0.3) is 10.2 Å². The van der Waals surface area contributed by atoms with Crippen molar-refractivity contribution in [2.24, 2.45) is 5.41 Å². The molecule has 0 radical (unpaired) electrons. The molecule has 0 amide bonds. The van der Waals surface area contributed by atoms with E-state index in [9.17, 15) is 26.0 Å². The third-order valence-electron chi connectivity index (χ3n) is 4.22. The molecular weight excluding hydrogens is 398 g/mol. The average Bonchev–Trinajstić information content (AvgIpc) is 2.80. The van der Waals surface area contributed by atoms with Crippen LogP contribution in [0.25, 0.3) is 10.9 Å². The zero-order valence-electron chi connectivity index (χ0n) is 16.6. The van der Waals surface area contributed by atoms with Crippen LogP contribution in [-0.4, -0.2) is 37.6 Å². The summed E-state index contributed by atoms with van der Waals surface area (Å²) < 4.78 is 83.7. The lowest BCUT2D eigenvalue weighted by atomic mass is 9.97. The van der Waals surface area contributed by atoms with Gasteiger partial charge in [-0.1, -0.05) is 20.8 Å². The molecule has 0 aliphatic heterocycles. The van der Waals surface area contributed by atoms with Gasteiger partial charge in [0.2, 0.25) is 0 Å². The Morgan fingerprint density at radius 2 is 1.75 bits per heavy atom. The number of rotatable bonds is 5. The van der Waals surface area contributed by atoms with Crippen LogP contribution < -0.4 is 4.72 Å². The number of hydrogen-bond acceptors (Lipinski definition) is 2. The molecule has 5 nitrogen and oxygen atoms in total. The molecule has 1 atom stereocenters. The van der Waals surface area contributed by atoms with E-state index >= 15 is 0 Å². The summed E-state index contributed by atoms with van der Waals surface area (Å²) in [6, 6.07) is 0.000981. The Balaban J connectivity index is 2.76. The normalized spacial score (nSPS) is 14.8. The van der Waals surface area contributed by atoms with E-state index in [0.717, 1.165) is 20.2 Å². The van der Waals surface area contributed by atoms with Crippen molar-refractivity contribution in [2.45, 2.75) is 46.5 Å². The van der Waals surface area contributed by atoms with E-state index in [4.69, 9.17) is 0 Å². The minimum Gasteiger partial charge on any atom is -0.347 e. The van der Waals surface area contributed by atoms with E-state index in [-0.39, 0.29) is 16.4 Å². The van der Waals surface area contributed by atoms with Crippen LogP contribution in [-0.2, 0) is 16.8 Å². The molecule has 158 valence electrons. The monoisotopic (exact) mass is 423 g/mol. The van der Waals surface area contributed by atoms with E-state index in [1.54, 1.807) is 9.29 Å². The highest BCUT2D eigenvalue weighted by Gasteiger charge is 2.45. The number of nitrogens with zero attached hydrogens (tertiary/aromatic N) is 2.